The number of carbonyl (C=O) groups is 2. The van der Waals surface area contributed by atoms with Crippen LogP contribution in [0.1, 0.15) is 6.42 Å². The molecular weight excluding hydrogens is 331 g/mol. The summed E-state index contributed by atoms with van der Waals surface area (Å²) >= 11 is 0. The van der Waals surface area contributed by atoms with Gasteiger partial charge in [0.1, 0.15) is 5.82 Å². The first kappa shape index (κ1) is 16.3. The Morgan fingerprint density at radius 2 is 1.73 bits per heavy atom. The van der Waals surface area contributed by atoms with Crippen LogP contribution in [-0.2, 0) is 9.59 Å². The Bertz CT molecular complexity index is 979. The number of halogens is 1. The molecular formula is C21H17FN2O2. The molecule has 26 heavy (non-hydrogen) atoms. The third-order valence-electron chi connectivity index (χ3n) is 4.68. The molecule has 0 bridgehead atoms. The van der Waals surface area contributed by atoms with Gasteiger partial charge in [0.25, 0.3) is 0 Å². The molecule has 5 heteroatoms. The third-order valence-corrected chi connectivity index (χ3v) is 4.68. The lowest BCUT2D eigenvalue weighted by atomic mass is 10.1. The molecule has 1 unspecified atom stereocenters. The van der Waals surface area contributed by atoms with Crippen LogP contribution < -0.4 is 10.2 Å². The van der Waals surface area contributed by atoms with Gasteiger partial charge in [0.05, 0.1) is 5.92 Å². The molecule has 1 aliphatic heterocycles. The van der Waals surface area contributed by atoms with Crippen molar-refractivity contribution in [2.75, 3.05) is 16.8 Å². The fraction of sp³-hybridized carbons (Fsp3) is 0.143. The van der Waals surface area contributed by atoms with Crippen molar-refractivity contribution in [1.29, 1.82) is 0 Å². The average Bonchev–Trinajstić information content (AvgIpc) is 3.05. The number of carbonyl (C=O) groups excluding carboxylic acids is 2. The van der Waals surface area contributed by atoms with E-state index in [1.807, 2.05) is 42.5 Å². The van der Waals surface area contributed by atoms with Crippen LogP contribution in [0.25, 0.3) is 10.8 Å². The molecule has 1 N–H and O–H groups in total. The number of benzene rings is 3. The molecule has 1 heterocycles. The minimum Gasteiger partial charge on any atom is -0.325 e. The largest absolute Gasteiger partial charge is 0.325 e. The first-order valence-corrected chi connectivity index (χ1v) is 8.46. The van der Waals surface area contributed by atoms with E-state index in [2.05, 4.69) is 5.32 Å². The van der Waals surface area contributed by atoms with Crippen molar-refractivity contribution >= 4 is 34.0 Å². The first-order chi connectivity index (χ1) is 12.6. The van der Waals surface area contributed by atoms with Gasteiger partial charge in [0.2, 0.25) is 11.8 Å². The van der Waals surface area contributed by atoms with E-state index in [0.717, 1.165) is 16.5 Å². The second-order valence-electron chi connectivity index (χ2n) is 6.40. The average molecular weight is 348 g/mol. The fourth-order valence-electron chi connectivity index (χ4n) is 3.32. The number of nitrogens with one attached hydrogen (secondary N) is 1. The molecule has 2 amide bonds. The second kappa shape index (κ2) is 6.59. The molecule has 3 aromatic carbocycles. The van der Waals surface area contributed by atoms with Crippen LogP contribution in [0.4, 0.5) is 15.8 Å². The standard InChI is InChI=1S/C21H17FN2O2/c22-16-8-10-17(11-9-16)24-13-15(12-20(24)25)21(26)23-19-7-3-5-14-4-1-2-6-18(14)19/h1-11,15H,12-13H2,(H,23,26). The lowest BCUT2D eigenvalue weighted by Gasteiger charge is -2.17. The predicted molar refractivity (Wildman–Crippen MR) is 99.4 cm³/mol. The van der Waals surface area contributed by atoms with Crippen LogP contribution in [-0.4, -0.2) is 18.4 Å². The van der Waals surface area contributed by atoms with Crippen LogP contribution in [0, 0.1) is 11.7 Å². The molecule has 1 saturated heterocycles. The maximum absolute atomic E-state index is 13.1. The van der Waals surface area contributed by atoms with Gasteiger partial charge in [-0.1, -0.05) is 36.4 Å². The van der Waals surface area contributed by atoms with Gasteiger partial charge in [-0.05, 0) is 35.7 Å². The van der Waals surface area contributed by atoms with Crippen molar-refractivity contribution < 1.29 is 14.0 Å². The number of fused-ring (bicyclic) bond motifs is 1. The van der Waals surface area contributed by atoms with Gasteiger partial charge in [0, 0.05) is 29.7 Å². The molecule has 4 rings (SSSR count). The summed E-state index contributed by atoms with van der Waals surface area (Å²) in [6, 6.07) is 19.3. The number of rotatable bonds is 3. The molecule has 0 saturated carbocycles. The quantitative estimate of drug-likeness (QED) is 0.779. The van der Waals surface area contributed by atoms with Gasteiger partial charge in [-0.15, -0.1) is 0 Å². The van der Waals surface area contributed by atoms with Gasteiger partial charge >= 0.3 is 0 Å². The molecule has 0 radical (unpaired) electrons. The topological polar surface area (TPSA) is 49.4 Å². The van der Waals surface area contributed by atoms with Gasteiger partial charge < -0.3 is 10.2 Å². The second-order valence-corrected chi connectivity index (χ2v) is 6.40. The SMILES string of the molecule is O=C(Nc1cccc2ccccc12)C1CC(=O)N(c2ccc(F)cc2)C1. The van der Waals surface area contributed by atoms with Crippen LogP contribution >= 0.6 is 0 Å². The van der Waals surface area contributed by atoms with Gasteiger partial charge in [-0.25, -0.2) is 4.39 Å². The number of anilines is 2. The number of hydrogen-bond acceptors (Lipinski definition) is 2. The highest BCUT2D eigenvalue weighted by Crippen LogP contribution is 2.28. The molecule has 3 aromatic rings. The highest BCUT2D eigenvalue weighted by Gasteiger charge is 2.35. The van der Waals surface area contributed by atoms with E-state index in [-0.39, 0.29) is 24.1 Å². The van der Waals surface area contributed by atoms with Crippen molar-refractivity contribution in [2.24, 2.45) is 5.92 Å². The fourth-order valence-corrected chi connectivity index (χ4v) is 3.32. The normalized spacial score (nSPS) is 16.9. The summed E-state index contributed by atoms with van der Waals surface area (Å²) in [5.41, 5.74) is 1.35. The van der Waals surface area contributed by atoms with Crippen molar-refractivity contribution in [3.05, 3.63) is 72.5 Å². The Labute approximate surface area is 150 Å². The Morgan fingerprint density at radius 3 is 2.54 bits per heavy atom. The molecule has 1 aliphatic rings. The molecule has 1 fully saturated rings. The van der Waals surface area contributed by atoms with Crippen molar-refractivity contribution in [3.63, 3.8) is 0 Å². The Kier molecular flexibility index (Phi) is 4.13. The number of nitrogens with zero attached hydrogens (tertiary/aromatic N) is 1. The zero-order valence-corrected chi connectivity index (χ0v) is 14.0. The maximum atomic E-state index is 13.1. The zero-order chi connectivity index (χ0) is 18.1. The van der Waals surface area contributed by atoms with Crippen LogP contribution in [0.15, 0.2) is 66.7 Å². The minimum absolute atomic E-state index is 0.130. The Hall–Kier alpha value is -3.21. The molecule has 0 aromatic heterocycles. The van der Waals surface area contributed by atoms with E-state index in [1.165, 1.54) is 17.0 Å². The molecule has 4 nitrogen and oxygen atoms in total. The van der Waals surface area contributed by atoms with E-state index < -0.39 is 5.92 Å². The molecule has 1 atom stereocenters. The van der Waals surface area contributed by atoms with E-state index in [9.17, 15) is 14.0 Å². The smallest absolute Gasteiger partial charge is 0.229 e. The first-order valence-electron chi connectivity index (χ1n) is 8.46. The summed E-state index contributed by atoms with van der Waals surface area (Å²) in [7, 11) is 0. The number of hydrogen-bond donors (Lipinski definition) is 1. The molecule has 130 valence electrons. The monoisotopic (exact) mass is 348 g/mol. The van der Waals surface area contributed by atoms with Gasteiger partial charge in [-0.2, -0.15) is 0 Å². The highest BCUT2D eigenvalue weighted by molar-refractivity contribution is 6.06. The van der Waals surface area contributed by atoms with Crippen molar-refractivity contribution in [3.8, 4) is 0 Å². The van der Waals surface area contributed by atoms with Crippen molar-refractivity contribution in [1.82, 2.24) is 0 Å². The summed E-state index contributed by atoms with van der Waals surface area (Å²) in [6.07, 6.45) is 0.147. The highest BCUT2D eigenvalue weighted by atomic mass is 19.1. The summed E-state index contributed by atoms with van der Waals surface area (Å²) in [5.74, 6) is -1.11. The minimum atomic E-state index is -0.438. The summed E-state index contributed by atoms with van der Waals surface area (Å²) in [4.78, 5) is 26.5. The summed E-state index contributed by atoms with van der Waals surface area (Å²) in [6.45, 7) is 0.293. The maximum Gasteiger partial charge on any atom is 0.229 e. The predicted octanol–water partition coefficient (Wildman–Crippen LogP) is 3.97. The summed E-state index contributed by atoms with van der Waals surface area (Å²) in [5, 5.41) is 4.95. The van der Waals surface area contributed by atoms with E-state index in [0.29, 0.717) is 12.2 Å². The Morgan fingerprint density at radius 1 is 1.00 bits per heavy atom. The van der Waals surface area contributed by atoms with E-state index in [4.69, 9.17) is 0 Å². The van der Waals surface area contributed by atoms with Gasteiger partial charge in [-0.3, -0.25) is 9.59 Å². The molecule has 0 spiro atoms. The number of amides is 2. The van der Waals surface area contributed by atoms with Gasteiger partial charge in [0.15, 0.2) is 0 Å². The zero-order valence-electron chi connectivity index (χ0n) is 14.0. The Balaban J connectivity index is 1.52. The lowest BCUT2D eigenvalue weighted by molar-refractivity contribution is -0.122. The van der Waals surface area contributed by atoms with Crippen molar-refractivity contribution in [2.45, 2.75) is 6.42 Å². The summed E-state index contributed by atoms with van der Waals surface area (Å²) < 4.78 is 13.1. The van der Waals surface area contributed by atoms with E-state index >= 15 is 0 Å². The van der Waals surface area contributed by atoms with E-state index in [1.54, 1.807) is 12.1 Å². The van der Waals surface area contributed by atoms with Crippen LogP contribution in [0.2, 0.25) is 0 Å². The van der Waals surface area contributed by atoms with Crippen LogP contribution in [0.5, 0.6) is 0 Å². The molecule has 0 aliphatic carbocycles. The third kappa shape index (κ3) is 3.04. The lowest BCUT2D eigenvalue weighted by Crippen LogP contribution is -2.28. The van der Waals surface area contributed by atoms with Crippen LogP contribution in [0.3, 0.4) is 0 Å².